The van der Waals surface area contributed by atoms with Crippen molar-refractivity contribution in [3.63, 3.8) is 0 Å². The van der Waals surface area contributed by atoms with Gasteiger partial charge < -0.3 is 16.4 Å². The predicted molar refractivity (Wildman–Crippen MR) is 147 cm³/mol. The van der Waals surface area contributed by atoms with Crippen LogP contribution in [0.1, 0.15) is 63.4 Å². The van der Waals surface area contributed by atoms with Crippen LogP contribution in [-0.2, 0) is 6.54 Å². The Hall–Kier alpha value is -4.68. The van der Waals surface area contributed by atoms with E-state index in [1.165, 1.54) is 30.5 Å². The normalized spacial score (nSPS) is 14.0. The number of hydrazine groups is 1. The number of halogens is 4. The molecule has 0 unspecified atom stereocenters. The molecule has 4 rings (SSSR count). The number of benzene rings is 1. The second-order valence-electron chi connectivity index (χ2n) is 9.56. The van der Waals surface area contributed by atoms with Crippen molar-refractivity contribution in [1.82, 2.24) is 25.2 Å². The zero-order chi connectivity index (χ0) is 30.6. The van der Waals surface area contributed by atoms with Crippen molar-refractivity contribution in [1.29, 1.82) is 5.26 Å². The molecule has 0 bridgehead atoms. The van der Waals surface area contributed by atoms with Gasteiger partial charge in [-0.1, -0.05) is 24.4 Å². The number of anilines is 1. The summed E-state index contributed by atoms with van der Waals surface area (Å²) in [5.41, 5.74) is 5.79. The standard InChI is InChI=1S/C26H26ClF3N10O2/c1-14-9-15(12-31)10-18(23(41)35-16-5-2-3-6-16)21(14)36-24(42)20-11-17(13-39(33)38-25(32)26(28,29)30)37-40(20)22-19(27)7-4-8-34-22/h4,7-11,16H,2-3,5-6,13,33H2,1H3,(H2,32,38)(H,35,41)(H,36,42). The van der Waals surface area contributed by atoms with Crippen LogP contribution in [0.2, 0.25) is 5.02 Å². The number of nitrogens with zero attached hydrogens (tertiary/aromatic N) is 6. The molecule has 12 nitrogen and oxygen atoms in total. The van der Waals surface area contributed by atoms with Gasteiger partial charge in [0.2, 0.25) is 5.84 Å². The van der Waals surface area contributed by atoms with E-state index in [9.17, 15) is 28.0 Å². The Morgan fingerprint density at radius 2 is 1.98 bits per heavy atom. The summed E-state index contributed by atoms with van der Waals surface area (Å²) >= 11 is 6.30. The van der Waals surface area contributed by atoms with Crippen LogP contribution >= 0.6 is 11.6 Å². The number of amides is 2. The fourth-order valence-electron chi connectivity index (χ4n) is 4.47. The third-order valence-corrected chi connectivity index (χ3v) is 6.72. The molecule has 2 aromatic heterocycles. The average Bonchev–Trinajstić information content (AvgIpc) is 3.59. The summed E-state index contributed by atoms with van der Waals surface area (Å²) in [5, 5.41) is 23.1. The highest BCUT2D eigenvalue weighted by Gasteiger charge is 2.34. The van der Waals surface area contributed by atoms with Crippen molar-refractivity contribution < 1.29 is 22.8 Å². The van der Waals surface area contributed by atoms with E-state index in [1.807, 2.05) is 6.07 Å². The van der Waals surface area contributed by atoms with Gasteiger partial charge in [0.25, 0.3) is 11.8 Å². The van der Waals surface area contributed by atoms with Gasteiger partial charge in [-0.05, 0) is 55.7 Å². The molecule has 6 N–H and O–H groups in total. The predicted octanol–water partition coefficient (Wildman–Crippen LogP) is 3.54. The monoisotopic (exact) mass is 602 g/mol. The van der Waals surface area contributed by atoms with Crippen LogP contribution in [0, 0.1) is 18.3 Å². The maximum absolute atomic E-state index is 13.7. The van der Waals surface area contributed by atoms with Gasteiger partial charge in [-0.3, -0.25) is 9.59 Å². The van der Waals surface area contributed by atoms with E-state index in [4.69, 9.17) is 23.2 Å². The fourth-order valence-corrected chi connectivity index (χ4v) is 4.67. The number of nitriles is 1. The van der Waals surface area contributed by atoms with Crippen LogP contribution in [0.4, 0.5) is 18.9 Å². The van der Waals surface area contributed by atoms with E-state index >= 15 is 0 Å². The number of rotatable bonds is 8. The number of carbonyl (C=O) groups excluding carboxylic acids is 2. The van der Waals surface area contributed by atoms with Crippen molar-refractivity contribution in [3.8, 4) is 11.9 Å². The van der Waals surface area contributed by atoms with Crippen LogP contribution in [0.15, 0.2) is 41.6 Å². The SMILES string of the molecule is Cc1cc(C#N)cc(C(=O)NC2CCCC2)c1NC(=O)c1cc(CN(N)/N=C(\N)C(F)(F)F)nn1-c1ncccc1Cl. The van der Waals surface area contributed by atoms with Gasteiger partial charge in [-0.2, -0.15) is 23.5 Å². The lowest BCUT2D eigenvalue weighted by Crippen LogP contribution is -2.36. The number of hydrazone groups is 1. The third kappa shape index (κ3) is 6.96. The fraction of sp³-hybridized carbons (Fsp3) is 0.308. The number of nitrogens with two attached hydrogens (primary N) is 2. The van der Waals surface area contributed by atoms with Crippen molar-refractivity contribution >= 4 is 34.9 Å². The quantitative estimate of drug-likeness (QED) is 0.131. The molecule has 3 aromatic rings. The van der Waals surface area contributed by atoms with Crippen molar-refractivity contribution in [2.24, 2.45) is 16.7 Å². The number of amidine groups is 1. The van der Waals surface area contributed by atoms with Crippen LogP contribution in [0.5, 0.6) is 0 Å². The molecular formula is C26H26ClF3N10O2. The molecule has 16 heteroatoms. The minimum atomic E-state index is -4.90. The van der Waals surface area contributed by atoms with Crippen LogP contribution < -0.4 is 22.2 Å². The van der Waals surface area contributed by atoms with Gasteiger partial charge >= 0.3 is 6.18 Å². The number of hydrogen-bond donors (Lipinski definition) is 4. The lowest BCUT2D eigenvalue weighted by atomic mass is 10.0. The minimum absolute atomic E-state index is 0.0179. The van der Waals surface area contributed by atoms with Crippen molar-refractivity contribution in [3.05, 3.63) is 69.6 Å². The molecule has 0 radical (unpaired) electrons. The van der Waals surface area contributed by atoms with E-state index in [1.54, 1.807) is 13.0 Å². The second-order valence-corrected chi connectivity index (χ2v) is 9.97. The van der Waals surface area contributed by atoms with Gasteiger partial charge in [0.15, 0.2) is 5.82 Å². The number of nitrogens with one attached hydrogen (secondary N) is 2. The van der Waals surface area contributed by atoms with Gasteiger partial charge in [0, 0.05) is 12.2 Å². The summed E-state index contributed by atoms with van der Waals surface area (Å²) in [6.07, 6.45) is 0.140. The highest BCUT2D eigenvalue weighted by atomic mass is 35.5. The largest absolute Gasteiger partial charge is 0.450 e. The molecule has 1 saturated carbocycles. The number of pyridine rings is 1. The summed E-state index contributed by atoms with van der Waals surface area (Å²) in [5.74, 6) is 2.78. The average molecular weight is 603 g/mol. The Morgan fingerprint density at radius 1 is 1.26 bits per heavy atom. The van der Waals surface area contributed by atoms with Crippen LogP contribution in [-0.4, -0.2) is 49.8 Å². The van der Waals surface area contributed by atoms with E-state index < -0.39 is 30.4 Å². The van der Waals surface area contributed by atoms with Gasteiger partial charge in [0.1, 0.15) is 5.69 Å². The first-order valence-corrected chi connectivity index (χ1v) is 13.1. The third-order valence-electron chi connectivity index (χ3n) is 6.42. The number of aromatic nitrogens is 3. The minimum Gasteiger partial charge on any atom is -0.378 e. The number of alkyl halides is 3. The zero-order valence-electron chi connectivity index (χ0n) is 22.2. The number of aryl methyl sites for hydroxylation is 1. The first-order valence-electron chi connectivity index (χ1n) is 12.7. The Bertz CT molecular complexity index is 1580. The summed E-state index contributed by atoms with van der Waals surface area (Å²) in [6.45, 7) is 1.16. The van der Waals surface area contributed by atoms with Gasteiger partial charge in [0.05, 0.1) is 40.1 Å². The Morgan fingerprint density at radius 3 is 2.62 bits per heavy atom. The van der Waals surface area contributed by atoms with E-state index in [-0.39, 0.29) is 45.1 Å². The molecule has 2 heterocycles. The first kappa shape index (κ1) is 30.3. The molecule has 0 aliphatic heterocycles. The van der Waals surface area contributed by atoms with E-state index in [0.29, 0.717) is 10.7 Å². The molecular weight excluding hydrogens is 577 g/mol. The lowest BCUT2D eigenvalue weighted by Gasteiger charge is -2.17. The summed E-state index contributed by atoms with van der Waals surface area (Å²) in [7, 11) is 0. The molecule has 2 amide bonds. The summed E-state index contributed by atoms with van der Waals surface area (Å²) < 4.78 is 39.5. The molecule has 1 aliphatic rings. The molecule has 1 fully saturated rings. The Labute approximate surface area is 243 Å². The van der Waals surface area contributed by atoms with E-state index in [0.717, 1.165) is 30.4 Å². The number of carbonyl (C=O) groups is 2. The molecule has 0 atom stereocenters. The van der Waals surface area contributed by atoms with E-state index in [2.05, 4.69) is 25.8 Å². The first-order chi connectivity index (χ1) is 19.9. The maximum Gasteiger partial charge on any atom is 0.450 e. The summed E-state index contributed by atoms with van der Waals surface area (Å²) in [6, 6.07) is 9.23. The molecule has 42 heavy (non-hydrogen) atoms. The molecule has 0 saturated heterocycles. The molecule has 1 aliphatic carbocycles. The van der Waals surface area contributed by atoms with Gasteiger partial charge in [-0.25, -0.2) is 20.6 Å². The van der Waals surface area contributed by atoms with Gasteiger partial charge in [-0.15, -0.1) is 5.10 Å². The summed E-state index contributed by atoms with van der Waals surface area (Å²) in [4.78, 5) is 31.1. The molecule has 220 valence electrons. The highest BCUT2D eigenvalue weighted by molar-refractivity contribution is 6.32. The zero-order valence-corrected chi connectivity index (χ0v) is 23.0. The Balaban J connectivity index is 1.71. The van der Waals surface area contributed by atoms with Crippen molar-refractivity contribution in [2.45, 2.75) is 51.4 Å². The maximum atomic E-state index is 13.7. The second kappa shape index (κ2) is 12.5. The Kier molecular flexibility index (Phi) is 8.98. The van der Waals surface area contributed by atoms with Crippen molar-refractivity contribution in [2.75, 3.05) is 5.32 Å². The smallest absolute Gasteiger partial charge is 0.378 e. The molecule has 1 aromatic carbocycles. The topological polar surface area (TPSA) is 180 Å². The lowest BCUT2D eigenvalue weighted by molar-refractivity contribution is -0.0615. The van der Waals surface area contributed by atoms with Crippen LogP contribution in [0.3, 0.4) is 0 Å². The number of hydrogen-bond acceptors (Lipinski definition) is 8. The molecule has 0 spiro atoms. The van der Waals surface area contributed by atoms with Crippen LogP contribution in [0.25, 0.3) is 5.82 Å². The highest BCUT2D eigenvalue weighted by Crippen LogP contribution is 2.27.